The fourth-order valence-electron chi connectivity index (χ4n) is 3.45. The van der Waals surface area contributed by atoms with Gasteiger partial charge in [0.25, 0.3) is 0 Å². The highest BCUT2D eigenvalue weighted by Gasteiger charge is 2.09. The van der Waals surface area contributed by atoms with E-state index in [2.05, 4.69) is 57.0 Å². The summed E-state index contributed by atoms with van der Waals surface area (Å²) in [6.45, 7) is 0. The van der Waals surface area contributed by atoms with Crippen molar-refractivity contribution in [2.24, 2.45) is 0 Å². The molecule has 0 unspecified atom stereocenters. The lowest BCUT2D eigenvalue weighted by Crippen LogP contribution is -2.19. The summed E-state index contributed by atoms with van der Waals surface area (Å²) in [6, 6.07) is 24.4. The number of hydrogen-bond acceptors (Lipinski definition) is 3. The van der Waals surface area contributed by atoms with E-state index >= 15 is 0 Å². The maximum atomic E-state index is 5.56. The Morgan fingerprint density at radius 1 is 0.714 bits per heavy atom. The van der Waals surface area contributed by atoms with Gasteiger partial charge in [-0.15, -0.1) is 0 Å². The van der Waals surface area contributed by atoms with E-state index in [9.17, 15) is 0 Å². The molecule has 0 aliphatic rings. The predicted octanol–water partition coefficient (Wildman–Crippen LogP) is 5.75. The van der Waals surface area contributed by atoms with E-state index in [4.69, 9.17) is 12.2 Å². The van der Waals surface area contributed by atoms with E-state index in [0.29, 0.717) is 5.11 Å². The predicted molar refractivity (Wildman–Crippen MR) is 121 cm³/mol. The second-order valence-corrected chi connectivity index (χ2v) is 6.94. The van der Waals surface area contributed by atoms with E-state index in [1.165, 1.54) is 5.39 Å². The molecule has 0 aliphatic carbocycles. The Balaban J connectivity index is 1.49. The van der Waals surface area contributed by atoms with Gasteiger partial charge in [0.2, 0.25) is 0 Å². The van der Waals surface area contributed by atoms with Crippen LogP contribution in [0.1, 0.15) is 0 Å². The highest BCUT2D eigenvalue weighted by atomic mass is 32.1. The molecular weight excluding hydrogens is 364 g/mol. The summed E-state index contributed by atoms with van der Waals surface area (Å²) in [4.78, 5) is 9.04. The Morgan fingerprint density at radius 2 is 1.50 bits per heavy atom. The third-order valence-corrected chi connectivity index (χ3v) is 4.93. The van der Waals surface area contributed by atoms with Gasteiger partial charge < -0.3 is 10.6 Å². The Morgan fingerprint density at radius 3 is 2.39 bits per heavy atom. The fourth-order valence-corrected chi connectivity index (χ4v) is 3.68. The van der Waals surface area contributed by atoms with E-state index in [0.717, 1.165) is 38.6 Å². The maximum absolute atomic E-state index is 5.56. The average Bonchev–Trinajstić information content (AvgIpc) is 2.74. The minimum atomic E-state index is 0.512. The van der Waals surface area contributed by atoms with Crippen molar-refractivity contribution >= 4 is 61.3 Å². The SMILES string of the molecule is S=C(Nc1ccc2ccccc2c1)Nc1cc2ncccc2c2cccnc12. The summed E-state index contributed by atoms with van der Waals surface area (Å²) in [7, 11) is 0. The van der Waals surface area contributed by atoms with Crippen molar-refractivity contribution in [1.29, 1.82) is 0 Å². The lowest BCUT2D eigenvalue weighted by atomic mass is 10.1. The van der Waals surface area contributed by atoms with Crippen molar-refractivity contribution in [2.45, 2.75) is 0 Å². The Labute approximate surface area is 167 Å². The molecule has 5 heteroatoms. The zero-order chi connectivity index (χ0) is 18.9. The molecule has 134 valence electrons. The Hall–Kier alpha value is -3.57. The summed E-state index contributed by atoms with van der Waals surface area (Å²) >= 11 is 5.56. The second kappa shape index (κ2) is 6.87. The van der Waals surface area contributed by atoms with Crippen molar-refractivity contribution in [2.75, 3.05) is 10.6 Å². The number of pyridine rings is 2. The fraction of sp³-hybridized carbons (Fsp3) is 0. The van der Waals surface area contributed by atoms with Crippen LogP contribution in [0.3, 0.4) is 0 Å². The van der Waals surface area contributed by atoms with Gasteiger partial charge in [0.15, 0.2) is 5.11 Å². The lowest BCUT2D eigenvalue weighted by Gasteiger charge is -2.14. The maximum Gasteiger partial charge on any atom is 0.175 e. The summed E-state index contributed by atoms with van der Waals surface area (Å²) < 4.78 is 0. The van der Waals surface area contributed by atoms with E-state index in [-0.39, 0.29) is 0 Å². The molecule has 5 rings (SSSR count). The van der Waals surface area contributed by atoms with Crippen LogP contribution >= 0.6 is 12.2 Å². The van der Waals surface area contributed by atoms with Gasteiger partial charge in [0, 0.05) is 28.9 Å². The molecule has 0 bridgehead atoms. The van der Waals surface area contributed by atoms with Gasteiger partial charge in [-0.2, -0.15) is 0 Å². The number of nitrogens with one attached hydrogen (secondary N) is 2. The number of hydrogen-bond donors (Lipinski definition) is 2. The van der Waals surface area contributed by atoms with Crippen molar-refractivity contribution in [1.82, 2.24) is 9.97 Å². The van der Waals surface area contributed by atoms with Crippen LogP contribution < -0.4 is 10.6 Å². The van der Waals surface area contributed by atoms with Gasteiger partial charge in [-0.3, -0.25) is 9.97 Å². The highest BCUT2D eigenvalue weighted by Crippen LogP contribution is 2.29. The van der Waals surface area contributed by atoms with Gasteiger partial charge >= 0.3 is 0 Å². The first-order chi connectivity index (χ1) is 13.8. The molecule has 0 fully saturated rings. The summed E-state index contributed by atoms with van der Waals surface area (Å²) in [5.74, 6) is 0. The molecule has 0 saturated heterocycles. The van der Waals surface area contributed by atoms with Crippen molar-refractivity contribution < 1.29 is 0 Å². The van der Waals surface area contributed by atoms with Crippen LogP contribution in [0.4, 0.5) is 11.4 Å². The van der Waals surface area contributed by atoms with Crippen molar-refractivity contribution in [3.8, 4) is 0 Å². The zero-order valence-corrected chi connectivity index (χ0v) is 15.7. The molecule has 0 amide bonds. The number of thiocarbonyl (C=S) groups is 1. The molecule has 3 aromatic carbocycles. The molecule has 2 heterocycles. The van der Waals surface area contributed by atoms with Gasteiger partial charge in [-0.1, -0.05) is 42.5 Å². The largest absolute Gasteiger partial charge is 0.332 e. The van der Waals surface area contributed by atoms with Crippen molar-refractivity contribution in [3.05, 3.63) is 85.2 Å². The first-order valence-corrected chi connectivity index (χ1v) is 9.38. The van der Waals surface area contributed by atoms with Gasteiger partial charge in [0.05, 0.1) is 16.7 Å². The molecule has 0 atom stereocenters. The van der Waals surface area contributed by atoms with Crippen LogP contribution in [0.25, 0.3) is 32.6 Å². The molecule has 5 aromatic rings. The van der Waals surface area contributed by atoms with Gasteiger partial charge in [-0.05, 0) is 53.3 Å². The topological polar surface area (TPSA) is 49.8 Å². The highest BCUT2D eigenvalue weighted by molar-refractivity contribution is 7.80. The minimum Gasteiger partial charge on any atom is -0.332 e. The molecule has 28 heavy (non-hydrogen) atoms. The smallest absolute Gasteiger partial charge is 0.175 e. The van der Waals surface area contributed by atoms with Crippen LogP contribution in [0.5, 0.6) is 0 Å². The summed E-state index contributed by atoms with van der Waals surface area (Å²) in [6.07, 6.45) is 3.58. The van der Waals surface area contributed by atoms with Crippen LogP contribution in [0, 0.1) is 0 Å². The first-order valence-electron chi connectivity index (χ1n) is 8.97. The molecule has 0 aliphatic heterocycles. The lowest BCUT2D eigenvalue weighted by molar-refractivity contribution is 1.39. The second-order valence-electron chi connectivity index (χ2n) is 6.53. The average molecular weight is 380 g/mol. The molecule has 0 saturated carbocycles. The number of fused-ring (bicyclic) bond motifs is 4. The number of benzene rings is 3. The minimum absolute atomic E-state index is 0.512. The van der Waals surface area contributed by atoms with E-state index < -0.39 is 0 Å². The van der Waals surface area contributed by atoms with Crippen LogP contribution in [0.2, 0.25) is 0 Å². The number of aromatic nitrogens is 2. The Bertz CT molecular complexity index is 1350. The quantitative estimate of drug-likeness (QED) is 0.302. The number of nitrogens with zero attached hydrogens (tertiary/aromatic N) is 2. The van der Waals surface area contributed by atoms with Crippen LogP contribution in [0.15, 0.2) is 85.2 Å². The zero-order valence-electron chi connectivity index (χ0n) is 14.9. The van der Waals surface area contributed by atoms with Gasteiger partial charge in [-0.25, -0.2) is 0 Å². The number of anilines is 2. The first kappa shape index (κ1) is 16.6. The van der Waals surface area contributed by atoms with Gasteiger partial charge in [0.1, 0.15) is 0 Å². The van der Waals surface area contributed by atoms with Crippen LogP contribution in [-0.4, -0.2) is 15.1 Å². The number of rotatable bonds is 2. The normalized spacial score (nSPS) is 11.0. The molecule has 2 N–H and O–H groups in total. The molecule has 4 nitrogen and oxygen atoms in total. The third kappa shape index (κ3) is 3.02. The van der Waals surface area contributed by atoms with E-state index in [1.54, 1.807) is 12.4 Å². The standard InChI is InChI=1S/C23H16N4S/c28-23(26-17-10-9-15-5-1-2-6-16(15)13-17)27-21-14-20-18(7-3-11-24-20)19-8-4-12-25-22(19)21/h1-14H,(H2,26,27,28). The van der Waals surface area contributed by atoms with Crippen LogP contribution in [-0.2, 0) is 0 Å². The molecule has 0 radical (unpaired) electrons. The van der Waals surface area contributed by atoms with Crippen molar-refractivity contribution in [3.63, 3.8) is 0 Å². The Kier molecular flexibility index (Phi) is 4.07. The monoisotopic (exact) mass is 380 g/mol. The molecule has 2 aromatic heterocycles. The molecule has 0 spiro atoms. The summed E-state index contributed by atoms with van der Waals surface area (Å²) in [5.41, 5.74) is 3.54. The molecular formula is C23H16N4S. The van der Waals surface area contributed by atoms with E-state index in [1.807, 2.05) is 36.4 Å². The summed E-state index contributed by atoms with van der Waals surface area (Å²) in [5, 5.41) is 11.6. The third-order valence-electron chi connectivity index (χ3n) is 4.73.